The molecule has 0 saturated heterocycles. The normalized spacial score (nSPS) is 11.3. The van der Waals surface area contributed by atoms with Crippen LogP contribution >= 0.6 is 0 Å². The molecule has 100 valence electrons. The molecule has 0 radical (unpaired) electrons. The minimum atomic E-state index is -2.80. The van der Waals surface area contributed by atoms with Gasteiger partial charge in [0.25, 0.3) is 5.92 Å². The van der Waals surface area contributed by atoms with Crippen LogP contribution in [0.1, 0.15) is 23.0 Å². The fourth-order valence-corrected chi connectivity index (χ4v) is 1.29. The first-order valence-electron chi connectivity index (χ1n) is 5.25. The summed E-state index contributed by atoms with van der Waals surface area (Å²) in [5.41, 5.74) is 6.58. The number of nitrogen functional groups attached to an aromatic ring is 1. The Morgan fingerprint density at radius 2 is 2.28 bits per heavy atom. The molecule has 0 aliphatic rings. The van der Waals surface area contributed by atoms with Crippen molar-refractivity contribution in [1.82, 2.24) is 10.3 Å². The zero-order valence-corrected chi connectivity index (χ0v) is 10.2. The summed E-state index contributed by atoms with van der Waals surface area (Å²) in [5.74, 6) is -3.40. The highest BCUT2D eigenvalue weighted by molar-refractivity contribution is 5.87. The number of nitrogens with one attached hydrogen (secondary N) is 1. The van der Waals surface area contributed by atoms with Gasteiger partial charge in [0, 0.05) is 13.5 Å². The zero-order chi connectivity index (χ0) is 13.8. The largest absolute Gasteiger partial charge is 0.464 e. The van der Waals surface area contributed by atoms with E-state index >= 15 is 0 Å². The molecule has 0 aliphatic carbocycles. The number of methoxy groups -OCH3 is 1. The molecule has 0 aliphatic heterocycles. The molecule has 1 aromatic heterocycles. The molecule has 1 rings (SSSR count). The average Bonchev–Trinajstić information content (AvgIpc) is 2.29. The monoisotopic (exact) mass is 259 g/mol. The molecular weight excluding hydrogens is 244 g/mol. The maximum Gasteiger partial charge on any atom is 0.356 e. The van der Waals surface area contributed by atoms with Gasteiger partial charge in [-0.3, -0.25) is 0 Å². The minimum absolute atomic E-state index is 0.0896. The van der Waals surface area contributed by atoms with Crippen LogP contribution in [0.5, 0.6) is 0 Å². The fraction of sp³-hybridized carbons (Fsp3) is 0.455. The van der Waals surface area contributed by atoms with Gasteiger partial charge in [0.05, 0.1) is 25.5 Å². The zero-order valence-electron chi connectivity index (χ0n) is 10.2. The van der Waals surface area contributed by atoms with E-state index in [9.17, 15) is 13.6 Å². The SMILES string of the molecule is COC(=O)c1cc(CNCC(C)(F)F)c(N)cn1. The van der Waals surface area contributed by atoms with Crippen molar-refractivity contribution < 1.29 is 18.3 Å². The van der Waals surface area contributed by atoms with Gasteiger partial charge in [-0.25, -0.2) is 18.6 Å². The Morgan fingerprint density at radius 3 is 2.83 bits per heavy atom. The first kappa shape index (κ1) is 14.3. The number of pyridine rings is 1. The van der Waals surface area contributed by atoms with E-state index in [1.807, 2.05) is 0 Å². The summed E-state index contributed by atoms with van der Waals surface area (Å²) in [5, 5.41) is 2.56. The molecule has 3 N–H and O–H groups in total. The van der Waals surface area contributed by atoms with Crippen molar-refractivity contribution in [2.24, 2.45) is 0 Å². The van der Waals surface area contributed by atoms with Crippen LogP contribution in [0.4, 0.5) is 14.5 Å². The van der Waals surface area contributed by atoms with Crippen molar-refractivity contribution in [2.45, 2.75) is 19.4 Å². The molecule has 0 atom stereocenters. The predicted octanol–water partition coefficient (Wildman–Crippen LogP) is 1.20. The molecule has 0 spiro atoms. The molecule has 1 heterocycles. The van der Waals surface area contributed by atoms with Gasteiger partial charge in [-0.2, -0.15) is 0 Å². The Morgan fingerprint density at radius 1 is 1.61 bits per heavy atom. The van der Waals surface area contributed by atoms with Crippen LogP contribution in [-0.2, 0) is 11.3 Å². The van der Waals surface area contributed by atoms with Gasteiger partial charge in [-0.1, -0.05) is 0 Å². The standard InChI is InChI=1S/C11H15F2N3O2/c1-11(12,13)6-15-4-7-3-9(10(17)18-2)16-5-8(7)14/h3,5,15H,4,6,14H2,1-2H3. The number of aromatic nitrogens is 1. The van der Waals surface area contributed by atoms with Crippen molar-refractivity contribution in [3.8, 4) is 0 Å². The van der Waals surface area contributed by atoms with Gasteiger partial charge in [0.2, 0.25) is 0 Å². The topological polar surface area (TPSA) is 77.2 Å². The third kappa shape index (κ3) is 4.25. The smallest absolute Gasteiger partial charge is 0.356 e. The average molecular weight is 259 g/mol. The van der Waals surface area contributed by atoms with E-state index in [1.54, 1.807) is 0 Å². The van der Waals surface area contributed by atoms with Crippen LogP contribution in [0.15, 0.2) is 12.3 Å². The summed E-state index contributed by atoms with van der Waals surface area (Å²) in [7, 11) is 1.23. The lowest BCUT2D eigenvalue weighted by Crippen LogP contribution is -2.29. The van der Waals surface area contributed by atoms with E-state index in [1.165, 1.54) is 19.4 Å². The molecule has 7 heteroatoms. The molecule has 0 amide bonds. The Labute approximate surface area is 103 Å². The lowest BCUT2D eigenvalue weighted by atomic mass is 10.2. The summed E-state index contributed by atoms with van der Waals surface area (Å²) >= 11 is 0. The van der Waals surface area contributed by atoms with E-state index in [0.29, 0.717) is 11.3 Å². The quantitative estimate of drug-likeness (QED) is 0.777. The third-order valence-corrected chi connectivity index (χ3v) is 2.17. The third-order valence-electron chi connectivity index (χ3n) is 2.17. The number of carbonyl (C=O) groups is 1. The van der Waals surface area contributed by atoms with Crippen LogP contribution in [0.25, 0.3) is 0 Å². The summed E-state index contributed by atoms with van der Waals surface area (Å²) in [4.78, 5) is 15.0. The number of hydrogen-bond acceptors (Lipinski definition) is 5. The van der Waals surface area contributed by atoms with Crippen LogP contribution in [0.2, 0.25) is 0 Å². The number of nitrogens with zero attached hydrogens (tertiary/aromatic N) is 1. The number of halogens is 2. The maximum absolute atomic E-state index is 12.6. The molecule has 0 fully saturated rings. The highest BCUT2D eigenvalue weighted by Crippen LogP contribution is 2.14. The summed E-state index contributed by atoms with van der Waals surface area (Å²) < 4.78 is 29.7. The second-order valence-electron chi connectivity index (χ2n) is 3.93. The fourth-order valence-electron chi connectivity index (χ4n) is 1.29. The van der Waals surface area contributed by atoms with Gasteiger partial charge in [0.1, 0.15) is 5.69 Å². The molecule has 5 nitrogen and oxygen atoms in total. The summed E-state index contributed by atoms with van der Waals surface area (Å²) in [6, 6.07) is 1.42. The van der Waals surface area contributed by atoms with Crippen LogP contribution in [0, 0.1) is 0 Å². The molecule has 0 unspecified atom stereocenters. The first-order chi connectivity index (χ1) is 8.33. The first-order valence-corrected chi connectivity index (χ1v) is 5.25. The van der Waals surface area contributed by atoms with Gasteiger partial charge in [0.15, 0.2) is 0 Å². The number of ether oxygens (including phenoxy) is 1. The van der Waals surface area contributed by atoms with Gasteiger partial charge >= 0.3 is 5.97 Å². The number of nitrogens with two attached hydrogens (primary N) is 1. The number of carbonyl (C=O) groups excluding carboxylic acids is 1. The van der Waals surface area contributed by atoms with Crippen LogP contribution in [0.3, 0.4) is 0 Å². The lowest BCUT2D eigenvalue weighted by molar-refractivity contribution is 0.0224. The lowest BCUT2D eigenvalue weighted by Gasteiger charge is -2.12. The van der Waals surface area contributed by atoms with E-state index in [-0.39, 0.29) is 12.2 Å². The van der Waals surface area contributed by atoms with Gasteiger partial charge < -0.3 is 15.8 Å². The highest BCUT2D eigenvalue weighted by Gasteiger charge is 2.20. The molecule has 0 aromatic carbocycles. The summed E-state index contributed by atoms with van der Waals surface area (Å²) in [6.07, 6.45) is 1.30. The Bertz CT molecular complexity index is 433. The van der Waals surface area contributed by atoms with E-state index in [4.69, 9.17) is 5.73 Å². The molecule has 0 bridgehead atoms. The van der Waals surface area contributed by atoms with Crippen molar-refractivity contribution >= 4 is 11.7 Å². The highest BCUT2D eigenvalue weighted by atomic mass is 19.3. The number of alkyl halides is 2. The Kier molecular flexibility index (Phi) is 4.55. The van der Waals surface area contributed by atoms with Crippen LogP contribution < -0.4 is 11.1 Å². The van der Waals surface area contributed by atoms with Crippen molar-refractivity contribution in [3.05, 3.63) is 23.5 Å². The van der Waals surface area contributed by atoms with Gasteiger partial charge in [-0.15, -0.1) is 0 Å². The predicted molar refractivity (Wildman–Crippen MR) is 62.3 cm³/mol. The second kappa shape index (κ2) is 5.72. The van der Waals surface area contributed by atoms with Gasteiger partial charge in [-0.05, 0) is 11.6 Å². The second-order valence-corrected chi connectivity index (χ2v) is 3.93. The number of anilines is 1. The van der Waals surface area contributed by atoms with E-state index < -0.39 is 18.4 Å². The number of esters is 1. The van der Waals surface area contributed by atoms with E-state index in [0.717, 1.165) is 6.92 Å². The minimum Gasteiger partial charge on any atom is -0.464 e. The van der Waals surface area contributed by atoms with Crippen LogP contribution in [-0.4, -0.2) is 30.5 Å². The maximum atomic E-state index is 12.6. The summed E-state index contributed by atoms with van der Waals surface area (Å²) in [6.45, 7) is 0.472. The Balaban J connectivity index is 2.73. The molecule has 18 heavy (non-hydrogen) atoms. The number of hydrogen-bond donors (Lipinski definition) is 2. The molecular formula is C11H15F2N3O2. The molecule has 1 aromatic rings. The van der Waals surface area contributed by atoms with Crippen molar-refractivity contribution in [2.75, 3.05) is 19.4 Å². The van der Waals surface area contributed by atoms with E-state index in [2.05, 4.69) is 15.0 Å². The van der Waals surface area contributed by atoms with Crippen molar-refractivity contribution in [3.63, 3.8) is 0 Å². The Hall–Kier alpha value is -1.76. The molecule has 0 saturated carbocycles. The number of rotatable bonds is 5. The van der Waals surface area contributed by atoms with Crippen molar-refractivity contribution in [1.29, 1.82) is 0 Å².